The molecule has 28 heavy (non-hydrogen) atoms. The van der Waals surface area contributed by atoms with E-state index in [2.05, 4.69) is 65.5 Å². The zero-order valence-electron chi connectivity index (χ0n) is 17.0. The fraction of sp³-hybridized carbons (Fsp3) is 0.348. The van der Waals surface area contributed by atoms with Crippen molar-refractivity contribution in [3.8, 4) is 0 Å². The molecular formula is C23H28N4O. The molecule has 5 heteroatoms. The van der Waals surface area contributed by atoms with Crippen molar-refractivity contribution in [1.82, 2.24) is 20.5 Å². The van der Waals surface area contributed by atoms with Crippen molar-refractivity contribution in [2.45, 2.75) is 52.0 Å². The summed E-state index contributed by atoms with van der Waals surface area (Å²) in [5.41, 5.74) is 3.55. The Hall–Kier alpha value is -2.95. The smallest absolute Gasteiger partial charge is 0.221 e. The van der Waals surface area contributed by atoms with Crippen molar-refractivity contribution in [2.24, 2.45) is 0 Å². The van der Waals surface area contributed by atoms with Gasteiger partial charge in [0, 0.05) is 6.42 Å². The minimum atomic E-state index is -0.359. The van der Waals surface area contributed by atoms with Crippen molar-refractivity contribution >= 4 is 5.91 Å². The maximum atomic E-state index is 12.6. The molecular weight excluding hydrogens is 348 g/mol. The number of carbonyl (C=O) groups excluding carboxylic acids is 1. The van der Waals surface area contributed by atoms with Crippen LogP contribution in [0.3, 0.4) is 0 Å². The highest BCUT2D eigenvalue weighted by Crippen LogP contribution is 2.23. The van der Waals surface area contributed by atoms with E-state index in [-0.39, 0.29) is 17.4 Å². The average molecular weight is 377 g/mol. The Morgan fingerprint density at radius 3 is 2.32 bits per heavy atom. The summed E-state index contributed by atoms with van der Waals surface area (Å²) in [5.74, 6) is 1.28. The fourth-order valence-corrected chi connectivity index (χ4v) is 3.09. The highest BCUT2D eigenvalue weighted by Gasteiger charge is 2.20. The summed E-state index contributed by atoms with van der Waals surface area (Å²) >= 11 is 0. The quantitative estimate of drug-likeness (QED) is 0.676. The number of aryl methyl sites for hydroxylation is 2. The second kappa shape index (κ2) is 8.38. The van der Waals surface area contributed by atoms with Crippen LogP contribution in [0.4, 0.5) is 0 Å². The van der Waals surface area contributed by atoms with Gasteiger partial charge in [0.15, 0.2) is 5.82 Å². The minimum absolute atomic E-state index is 0.0174. The van der Waals surface area contributed by atoms with Crippen LogP contribution >= 0.6 is 0 Å². The minimum Gasteiger partial charge on any atom is -0.342 e. The maximum absolute atomic E-state index is 12.6. The van der Waals surface area contributed by atoms with Crippen LogP contribution in [-0.4, -0.2) is 21.1 Å². The van der Waals surface area contributed by atoms with Gasteiger partial charge in [-0.3, -0.25) is 9.89 Å². The van der Waals surface area contributed by atoms with E-state index in [1.807, 2.05) is 37.3 Å². The van der Waals surface area contributed by atoms with Crippen LogP contribution < -0.4 is 5.32 Å². The van der Waals surface area contributed by atoms with E-state index >= 15 is 0 Å². The predicted molar refractivity (Wildman–Crippen MR) is 111 cm³/mol. The Balaban J connectivity index is 1.66. The molecule has 146 valence electrons. The predicted octanol–water partition coefficient (Wildman–Crippen LogP) is 4.25. The molecule has 0 saturated heterocycles. The fourth-order valence-electron chi connectivity index (χ4n) is 3.09. The zero-order chi connectivity index (χ0) is 20.1. The number of hydrogen-bond donors (Lipinski definition) is 2. The van der Waals surface area contributed by atoms with Crippen LogP contribution in [0.1, 0.15) is 61.6 Å². The summed E-state index contributed by atoms with van der Waals surface area (Å²) in [6, 6.07) is 18.0. The molecule has 0 bridgehead atoms. The van der Waals surface area contributed by atoms with Crippen molar-refractivity contribution in [3.05, 3.63) is 82.9 Å². The summed E-state index contributed by atoms with van der Waals surface area (Å²) in [4.78, 5) is 17.0. The zero-order valence-corrected chi connectivity index (χ0v) is 17.0. The maximum Gasteiger partial charge on any atom is 0.221 e. The molecule has 1 amide bonds. The lowest BCUT2D eigenvalue weighted by atomic mass is 9.86. The average Bonchev–Trinajstić information content (AvgIpc) is 3.11. The van der Waals surface area contributed by atoms with Crippen LogP contribution in [0.2, 0.25) is 0 Å². The molecule has 2 aromatic carbocycles. The molecule has 2 N–H and O–H groups in total. The summed E-state index contributed by atoms with van der Waals surface area (Å²) in [5, 5.41) is 10.2. The monoisotopic (exact) mass is 376 g/mol. The molecule has 0 fully saturated rings. The number of H-pyrrole nitrogens is 1. The molecule has 3 rings (SSSR count). The first-order valence-electron chi connectivity index (χ1n) is 9.65. The number of benzene rings is 2. The van der Waals surface area contributed by atoms with Gasteiger partial charge in [-0.05, 0) is 35.4 Å². The van der Waals surface area contributed by atoms with Crippen LogP contribution in [0.5, 0.6) is 0 Å². The van der Waals surface area contributed by atoms with E-state index in [9.17, 15) is 4.79 Å². The topological polar surface area (TPSA) is 70.7 Å². The van der Waals surface area contributed by atoms with Crippen molar-refractivity contribution in [3.63, 3.8) is 0 Å². The molecule has 1 heterocycles. The van der Waals surface area contributed by atoms with Crippen molar-refractivity contribution in [2.75, 3.05) is 0 Å². The van der Waals surface area contributed by atoms with Crippen molar-refractivity contribution in [1.29, 1.82) is 0 Å². The number of carbonyl (C=O) groups is 1. The van der Waals surface area contributed by atoms with E-state index in [0.717, 1.165) is 17.0 Å². The van der Waals surface area contributed by atoms with Gasteiger partial charge in [0.1, 0.15) is 11.9 Å². The van der Waals surface area contributed by atoms with Gasteiger partial charge < -0.3 is 5.32 Å². The van der Waals surface area contributed by atoms with E-state index < -0.39 is 0 Å². The third kappa shape index (κ3) is 5.06. The largest absolute Gasteiger partial charge is 0.342 e. The van der Waals surface area contributed by atoms with Gasteiger partial charge in [0.25, 0.3) is 0 Å². The van der Waals surface area contributed by atoms with E-state index in [4.69, 9.17) is 0 Å². The Kier molecular flexibility index (Phi) is 5.93. The molecule has 3 aromatic rings. The van der Waals surface area contributed by atoms with Crippen LogP contribution in [0, 0.1) is 6.92 Å². The third-order valence-corrected chi connectivity index (χ3v) is 4.77. The Morgan fingerprint density at radius 1 is 1.07 bits per heavy atom. The lowest BCUT2D eigenvalue weighted by Gasteiger charge is -2.19. The Labute approximate surface area is 166 Å². The number of aromatic amines is 1. The van der Waals surface area contributed by atoms with E-state index in [0.29, 0.717) is 18.7 Å². The number of aromatic nitrogens is 3. The Morgan fingerprint density at radius 2 is 1.75 bits per heavy atom. The molecule has 1 atom stereocenters. The summed E-state index contributed by atoms with van der Waals surface area (Å²) < 4.78 is 0. The molecule has 0 aliphatic carbocycles. The second-order valence-electron chi connectivity index (χ2n) is 8.14. The van der Waals surface area contributed by atoms with Gasteiger partial charge in [0.05, 0.1) is 0 Å². The molecule has 1 aromatic heterocycles. The van der Waals surface area contributed by atoms with E-state index in [1.165, 1.54) is 5.56 Å². The number of nitrogens with one attached hydrogen (secondary N) is 2. The van der Waals surface area contributed by atoms with Crippen LogP contribution in [0.25, 0.3) is 0 Å². The highest BCUT2D eigenvalue weighted by molar-refractivity contribution is 5.77. The third-order valence-electron chi connectivity index (χ3n) is 4.77. The normalized spacial score (nSPS) is 12.6. The first-order valence-corrected chi connectivity index (χ1v) is 9.65. The summed E-state index contributed by atoms with van der Waals surface area (Å²) in [7, 11) is 0. The molecule has 1 unspecified atom stereocenters. The van der Waals surface area contributed by atoms with Gasteiger partial charge in [-0.15, -0.1) is 0 Å². The molecule has 0 spiro atoms. The number of amides is 1. The standard InChI is InChI=1S/C23H28N4O/c1-16-24-22(27-26-16)21(18-8-6-5-7-9-18)25-20(28)15-12-17-10-13-19(14-11-17)23(2,3)4/h5-11,13-14,21H,12,15H2,1-4H3,(H,25,28)(H,24,26,27). The van der Waals surface area contributed by atoms with Crippen LogP contribution in [0.15, 0.2) is 54.6 Å². The lowest BCUT2D eigenvalue weighted by Crippen LogP contribution is -2.30. The summed E-state index contributed by atoms with van der Waals surface area (Å²) in [6.07, 6.45) is 1.12. The first-order chi connectivity index (χ1) is 13.3. The molecule has 0 radical (unpaired) electrons. The van der Waals surface area contributed by atoms with Gasteiger partial charge in [0.2, 0.25) is 5.91 Å². The lowest BCUT2D eigenvalue weighted by molar-refractivity contribution is -0.121. The first kappa shape index (κ1) is 19.8. The molecule has 0 aliphatic heterocycles. The number of nitrogens with zero attached hydrogens (tertiary/aromatic N) is 2. The van der Waals surface area contributed by atoms with Gasteiger partial charge in [-0.1, -0.05) is 75.4 Å². The number of rotatable bonds is 6. The van der Waals surface area contributed by atoms with Gasteiger partial charge >= 0.3 is 0 Å². The van der Waals surface area contributed by atoms with E-state index in [1.54, 1.807) is 0 Å². The SMILES string of the molecule is Cc1nc(C(NC(=O)CCc2ccc(C(C)(C)C)cc2)c2ccccc2)n[nH]1. The molecule has 0 aliphatic rings. The van der Waals surface area contributed by atoms with Gasteiger partial charge in [-0.2, -0.15) is 5.10 Å². The number of hydrogen-bond acceptors (Lipinski definition) is 3. The Bertz CT molecular complexity index is 908. The molecule has 5 nitrogen and oxygen atoms in total. The van der Waals surface area contributed by atoms with Crippen LogP contribution in [-0.2, 0) is 16.6 Å². The summed E-state index contributed by atoms with van der Waals surface area (Å²) in [6.45, 7) is 8.44. The van der Waals surface area contributed by atoms with Gasteiger partial charge in [-0.25, -0.2) is 4.98 Å². The second-order valence-corrected chi connectivity index (χ2v) is 8.14. The van der Waals surface area contributed by atoms with Crippen molar-refractivity contribution < 1.29 is 4.79 Å². The highest BCUT2D eigenvalue weighted by atomic mass is 16.1. The molecule has 0 saturated carbocycles.